The van der Waals surface area contributed by atoms with Crippen molar-refractivity contribution >= 4 is 35.8 Å². The Kier molecular flexibility index (Phi) is 12.2. The molecule has 1 aliphatic rings. The highest BCUT2D eigenvalue weighted by atomic mass is 127. The smallest absolute Gasteiger partial charge is 0.220 e. The zero-order chi connectivity index (χ0) is 20.4. The number of hydrogen-bond donors (Lipinski definition) is 2. The summed E-state index contributed by atoms with van der Waals surface area (Å²) in [7, 11) is 5.96. The predicted molar refractivity (Wildman–Crippen MR) is 132 cm³/mol. The van der Waals surface area contributed by atoms with Crippen LogP contribution in [0.15, 0.2) is 35.3 Å². The number of rotatable bonds is 8. The standard InChI is InChI=1S/C22H37N5O.HI/c1-5-24-22(27-13-11-19(12-14-27)16-21(28)23-2)25-17-20(26(3)4)15-18-9-7-6-8-10-18;/h6-10,19-20H,5,11-17H2,1-4H3,(H,23,28)(H,24,25);1H. The number of amides is 1. The minimum Gasteiger partial charge on any atom is -0.359 e. The fraction of sp³-hybridized carbons (Fsp3) is 0.636. The molecule has 0 aromatic heterocycles. The number of piperidine rings is 1. The van der Waals surface area contributed by atoms with Crippen LogP contribution >= 0.6 is 24.0 Å². The average molecular weight is 515 g/mol. The van der Waals surface area contributed by atoms with Gasteiger partial charge >= 0.3 is 0 Å². The van der Waals surface area contributed by atoms with E-state index in [-0.39, 0.29) is 29.9 Å². The number of carbonyl (C=O) groups is 1. The molecule has 7 heteroatoms. The number of guanidine groups is 1. The third-order valence-electron chi connectivity index (χ3n) is 5.50. The lowest BCUT2D eigenvalue weighted by molar-refractivity contribution is -0.121. The summed E-state index contributed by atoms with van der Waals surface area (Å²) in [6, 6.07) is 11.0. The van der Waals surface area contributed by atoms with Crippen molar-refractivity contribution in [1.82, 2.24) is 20.4 Å². The molecule has 29 heavy (non-hydrogen) atoms. The topological polar surface area (TPSA) is 60.0 Å². The van der Waals surface area contributed by atoms with E-state index in [0.29, 0.717) is 18.4 Å². The first-order valence-electron chi connectivity index (χ1n) is 10.5. The average Bonchev–Trinajstić information content (AvgIpc) is 2.71. The van der Waals surface area contributed by atoms with Crippen LogP contribution in [0.5, 0.6) is 0 Å². The van der Waals surface area contributed by atoms with Gasteiger partial charge in [0.2, 0.25) is 5.91 Å². The number of nitrogens with zero attached hydrogens (tertiary/aromatic N) is 3. The Morgan fingerprint density at radius 3 is 2.45 bits per heavy atom. The molecule has 2 N–H and O–H groups in total. The number of likely N-dealkylation sites (N-methyl/N-ethyl adjacent to an activating group) is 1. The van der Waals surface area contributed by atoms with Crippen molar-refractivity contribution in [2.75, 3.05) is 47.3 Å². The summed E-state index contributed by atoms with van der Waals surface area (Å²) in [6.45, 7) is 5.66. The fourth-order valence-corrected chi connectivity index (χ4v) is 3.63. The molecule has 1 amide bonds. The number of hydrogen-bond acceptors (Lipinski definition) is 3. The first-order valence-corrected chi connectivity index (χ1v) is 10.5. The zero-order valence-electron chi connectivity index (χ0n) is 18.4. The van der Waals surface area contributed by atoms with E-state index in [1.54, 1.807) is 7.05 Å². The van der Waals surface area contributed by atoms with Gasteiger partial charge in [-0.2, -0.15) is 0 Å². The van der Waals surface area contributed by atoms with Gasteiger partial charge in [0, 0.05) is 39.1 Å². The molecule has 1 heterocycles. The summed E-state index contributed by atoms with van der Waals surface area (Å²) in [4.78, 5) is 21.2. The molecule has 0 saturated carbocycles. The Morgan fingerprint density at radius 1 is 1.24 bits per heavy atom. The van der Waals surface area contributed by atoms with Crippen molar-refractivity contribution in [1.29, 1.82) is 0 Å². The molecule has 1 fully saturated rings. The Balaban J connectivity index is 0.00000420. The van der Waals surface area contributed by atoms with E-state index in [4.69, 9.17) is 4.99 Å². The third kappa shape index (κ3) is 8.90. The lowest BCUT2D eigenvalue weighted by Crippen LogP contribution is -2.46. The van der Waals surface area contributed by atoms with Crippen LogP contribution in [0.4, 0.5) is 0 Å². The number of nitrogens with one attached hydrogen (secondary N) is 2. The molecular weight excluding hydrogens is 477 g/mol. The van der Waals surface area contributed by atoms with Crippen molar-refractivity contribution in [2.24, 2.45) is 10.9 Å². The molecular formula is C22H38IN5O. The molecule has 1 aromatic rings. The summed E-state index contributed by atoms with van der Waals surface area (Å²) < 4.78 is 0. The highest BCUT2D eigenvalue weighted by Gasteiger charge is 2.23. The Labute approximate surface area is 193 Å². The van der Waals surface area contributed by atoms with Crippen LogP contribution in [0.2, 0.25) is 0 Å². The van der Waals surface area contributed by atoms with E-state index < -0.39 is 0 Å². The summed E-state index contributed by atoms with van der Waals surface area (Å²) in [5.74, 6) is 1.63. The van der Waals surface area contributed by atoms with E-state index in [0.717, 1.165) is 51.4 Å². The largest absolute Gasteiger partial charge is 0.359 e. The Hall–Kier alpha value is -1.35. The quantitative estimate of drug-likeness (QED) is 0.318. The molecule has 0 radical (unpaired) electrons. The Bertz CT molecular complexity index is 615. The molecule has 1 aromatic carbocycles. The number of benzene rings is 1. The van der Waals surface area contributed by atoms with E-state index in [9.17, 15) is 4.79 Å². The molecule has 0 bridgehead atoms. The summed E-state index contributed by atoms with van der Waals surface area (Å²) in [5.41, 5.74) is 1.34. The first kappa shape index (κ1) is 25.7. The monoisotopic (exact) mass is 515 g/mol. The van der Waals surface area contributed by atoms with Crippen LogP contribution in [0.1, 0.15) is 31.7 Å². The minimum atomic E-state index is 0. The molecule has 6 nitrogen and oxygen atoms in total. The van der Waals surface area contributed by atoms with Gasteiger partial charge < -0.3 is 20.4 Å². The first-order chi connectivity index (χ1) is 13.5. The molecule has 2 rings (SSSR count). The second kappa shape index (κ2) is 13.8. The molecule has 0 spiro atoms. The van der Waals surface area contributed by atoms with Gasteiger partial charge in [0.05, 0.1) is 6.54 Å². The van der Waals surface area contributed by atoms with Gasteiger partial charge in [-0.15, -0.1) is 24.0 Å². The van der Waals surface area contributed by atoms with Gasteiger partial charge in [0.15, 0.2) is 5.96 Å². The van der Waals surface area contributed by atoms with Gasteiger partial charge in [-0.1, -0.05) is 30.3 Å². The normalized spacial score (nSPS) is 16.3. The number of carbonyl (C=O) groups excluding carboxylic acids is 1. The minimum absolute atomic E-state index is 0. The van der Waals surface area contributed by atoms with E-state index in [1.165, 1.54) is 5.56 Å². The van der Waals surface area contributed by atoms with Crippen LogP contribution in [-0.4, -0.2) is 75.0 Å². The van der Waals surface area contributed by atoms with Gasteiger partial charge in [0.25, 0.3) is 0 Å². The van der Waals surface area contributed by atoms with Crippen molar-refractivity contribution in [3.63, 3.8) is 0 Å². The second-order valence-electron chi connectivity index (χ2n) is 7.81. The van der Waals surface area contributed by atoms with Gasteiger partial charge in [-0.3, -0.25) is 9.79 Å². The second-order valence-corrected chi connectivity index (χ2v) is 7.81. The SMILES string of the molecule is CCNC(=NCC(Cc1ccccc1)N(C)C)N1CCC(CC(=O)NC)CC1.I. The Morgan fingerprint density at radius 2 is 1.90 bits per heavy atom. The molecule has 1 saturated heterocycles. The number of likely N-dealkylation sites (tertiary alicyclic amines) is 1. The molecule has 1 unspecified atom stereocenters. The highest BCUT2D eigenvalue weighted by Crippen LogP contribution is 2.20. The molecule has 1 atom stereocenters. The predicted octanol–water partition coefficient (Wildman–Crippen LogP) is 2.59. The molecule has 164 valence electrons. The van der Waals surface area contributed by atoms with Crippen LogP contribution in [0.25, 0.3) is 0 Å². The van der Waals surface area contributed by atoms with E-state index in [2.05, 4.69) is 71.8 Å². The van der Waals surface area contributed by atoms with Crippen LogP contribution in [-0.2, 0) is 11.2 Å². The summed E-state index contributed by atoms with van der Waals surface area (Å²) in [6.07, 6.45) is 3.71. The maximum absolute atomic E-state index is 11.6. The number of aliphatic imine (C=N–C) groups is 1. The van der Waals surface area contributed by atoms with E-state index >= 15 is 0 Å². The van der Waals surface area contributed by atoms with Gasteiger partial charge in [0.1, 0.15) is 0 Å². The van der Waals surface area contributed by atoms with Crippen LogP contribution in [0.3, 0.4) is 0 Å². The maximum atomic E-state index is 11.6. The zero-order valence-corrected chi connectivity index (χ0v) is 20.7. The lowest BCUT2D eigenvalue weighted by Gasteiger charge is -2.34. The summed E-state index contributed by atoms with van der Waals surface area (Å²) >= 11 is 0. The van der Waals surface area contributed by atoms with Gasteiger partial charge in [-0.25, -0.2) is 0 Å². The highest BCUT2D eigenvalue weighted by molar-refractivity contribution is 14.0. The molecule has 0 aliphatic carbocycles. The molecule has 1 aliphatic heterocycles. The van der Waals surface area contributed by atoms with Gasteiger partial charge in [-0.05, 0) is 51.8 Å². The summed E-state index contributed by atoms with van der Waals surface area (Å²) in [5, 5.41) is 6.19. The number of halogens is 1. The van der Waals surface area contributed by atoms with Crippen molar-refractivity contribution < 1.29 is 4.79 Å². The van der Waals surface area contributed by atoms with Crippen molar-refractivity contribution in [3.05, 3.63) is 35.9 Å². The van der Waals surface area contributed by atoms with Crippen LogP contribution < -0.4 is 10.6 Å². The van der Waals surface area contributed by atoms with E-state index in [1.807, 2.05) is 0 Å². The maximum Gasteiger partial charge on any atom is 0.220 e. The fourth-order valence-electron chi connectivity index (χ4n) is 3.63. The van der Waals surface area contributed by atoms with Crippen molar-refractivity contribution in [3.8, 4) is 0 Å². The van der Waals surface area contributed by atoms with Crippen molar-refractivity contribution in [2.45, 2.75) is 38.6 Å². The van der Waals surface area contributed by atoms with Crippen LogP contribution in [0, 0.1) is 5.92 Å². The third-order valence-corrected chi connectivity index (χ3v) is 5.50. The lowest BCUT2D eigenvalue weighted by atomic mass is 9.93.